The lowest BCUT2D eigenvalue weighted by Gasteiger charge is -1.99. The Morgan fingerprint density at radius 3 is 3.10 bits per heavy atom. The first-order chi connectivity index (χ1) is 9.61. The number of rotatable bonds is 4. The molecule has 0 aliphatic carbocycles. The van der Waals surface area contributed by atoms with Gasteiger partial charge in [0.2, 0.25) is 5.91 Å². The summed E-state index contributed by atoms with van der Waals surface area (Å²) in [6.07, 6.45) is 4.05. The topological polar surface area (TPSA) is 75.1 Å². The van der Waals surface area contributed by atoms with Crippen molar-refractivity contribution >= 4 is 28.0 Å². The molecule has 0 bridgehead atoms. The quantitative estimate of drug-likeness (QED) is 0.774. The van der Waals surface area contributed by atoms with E-state index in [1.807, 2.05) is 28.2 Å². The minimum Gasteiger partial charge on any atom is -0.309 e. The first-order valence-corrected chi connectivity index (χ1v) is 7.26. The number of anilines is 1. The van der Waals surface area contributed by atoms with E-state index in [1.165, 1.54) is 0 Å². The van der Waals surface area contributed by atoms with Crippen LogP contribution >= 0.6 is 11.3 Å². The number of nitrogens with zero attached hydrogens (tertiary/aromatic N) is 3. The van der Waals surface area contributed by atoms with Crippen LogP contribution in [-0.4, -0.2) is 25.5 Å². The average Bonchev–Trinajstić information content (AvgIpc) is 3.03. The second kappa shape index (κ2) is 5.09. The molecule has 2 N–H and O–H groups in total. The lowest BCUT2D eigenvalue weighted by molar-refractivity contribution is -0.115. The van der Waals surface area contributed by atoms with Gasteiger partial charge in [-0.25, -0.2) is 4.98 Å². The summed E-state index contributed by atoms with van der Waals surface area (Å²) in [4.78, 5) is 17.2. The van der Waals surface area contributed by atoms with Gasteiger partial charge in [0.15, 0.2) is 10.8 Å². The number of hydrogen-bond donors (Lipinski definition) is 2. The first kappa shape index (κ1) is 12.9. The van der Waals surface area contributed by atoms with Crippen LogP contribution in [0, 0.1) is 0 Å². The molecule has 3 heterocycles. The van der Waals surface area contributed by atoms with Gasteiger partial charge in [0.05, 0.1) is 12.1 Å². The maximum absolute atomic E-state index is 11.9. The molecule has 0 radical (unpaired) electrons. The van der Waals surface area contributed by atoms with Crippen LogP contribution in [0.2, 0.25) is 0 Å². The van der Waals surface area contributed by atoms with Gasteiger partial charge in [-0.2, -0.15) is 5.10 Å². The molecular formula is C13H15N5OS. The van der Waals surface area contributed by atoms with Crippen molar-refractivity contribution in [1.82, 2.24) is 19.6 Å². The highest BCUT2D eigenvalue weighted by Gasteiger charge is 2.11. The molecule has 0 fully saturated rings. The second-order valence-corrected chi connectivity index (χ2v) is 5.79. The highest BCUT2D eigenvalue weighted by Crippen LogP contribution is 2.15. The van der Waals surface area contributed by atoms with Crippen molar-refractivity contribution in [3.05, 3.63) is 35.2 Å². The van der Waals surface area contributed by atoms with Crippen LogP contribution in [0.15, 0.2) is 23.8 Å². The summed E-state index contributed by atoms with van der Waals surface area (Å²) >= 11 is 1.55. The lowest BCUT2D eigenvalue weighted by Crippen LogP contribution is -2.14. The van der Waals surface area contributed by atoms with Gasteiger partial charge >= 0.3 is 0 Å². The summed E-state index contributed by atoms with van der Waals surface area (Å²) in [5.74, 6) is 0.797. The number of hydrogen-bond acceptors (Lipinski definition) is 4. The molecule has 0 aromatic carbocycles. The third-order valence-electron chi connectivity index (χ3n) is 2.97. The molecular weight excluding hydrogens is 274 g/mol. The zero-order valence-corrected chi connectivity index (χ0v) is 12.1. The van der Waals surface area contributed by atoms with Crippen LogP contribution in [-0.2, 0) is 11.2 Å². The Balaban J connectivity index is 1.65. The monoisotopic (exact) mass is 289 g/mol. The fourth-order valence-corrected chi connectivity index (χ4v) is 2.63. The normalized spacial score (nSPS) is 11.3. The standard InChI is InChI=1S/C13H15N5OS/c1-8(2)10-6-11(17-16-10)15-12(19)5-9-7-18-3-4-20-13(18)14-9/h3-4,6-8H,5H2,1-2H3,(H2,15,16,17,19). The first-order valence-electron chi connectivity index (χ1n) is 6.38. The van der Waals surface area contributed by atoms with E-state index >= 15 is 0 Å². The average molecular weight is 289 g/mol. The molecule has 0 aliphatic rings. The Morgan fingerprint density at radius 1 is 1.55 bits per heavy atom. The van der Waals surface area contributed by atoms with E-state index in [1.54, 1.807) is 11.3 Å². The van der Waals surface area contributed by atoms with Crippen molar-refractivity contribution in [2.75, 3.05) is 5.32 Å². The van der Waals surface area contributed by atoms with Crippen LogP contribution in [0.5, 0.6) is 0 Å². The smallest absolute Gasteiger partial charge is 0.231 e. The van der Waals surface area contributed by atoms with Gasteiger partial charge in [0.1, 0.15) is 0 Å². The lowest BCUT2D eigenvalue weighted by atomic mass is 10.1. The van der Waals surface area contributed by atoms with E-state index in [9.17, 15) is 4.79 Å². The van der Waals surface area contributed by atoms with Crippen LogP contribution in [0.25, 0.3) is 4.96 Å². The number of carbonyl (C=O) groups is 1. The number of imidazole rings is 1. The summed E-state index contributed by atoms with van der Waals surface area (Å²) in [5, 5.41) is 11.7. The summed E-state index contributed by atoms with van der Waals surface area (Å²) < 4.78 is 1.92. The van der Waals surface area contributed by atoms with Crippen molar-refractivity contribution < 1.29 is 4.79 Å². The summed E-state index contributed by atoms with van der Waals surface area (Å²) in [6, 6.07) is 1.86. The van der Waals surface area contributed by atoms with Gasteiger partial charge in [-0.15, -0.1) is 11.3 Å². The number of amides is 1. The molecule has 3 aromatic rings. The molecule has 0 aliphatic heterocycles. The zero-order chi connectivity index (χ0) is 14.1. The minimum absolute atomic E-state index is 0.113. The third kappa shape index (κ3) is 2.57. The van der Waals surface area contributed by atoms with Crippen LogP contribution in [0.3, 0.4) is 0 Å². The molecule has 3 aromatic heterocycles. The summed E-state index contributed by atoms with van der Waals surface area (Å²) in [5.41, 5.74) is 1.76. The van der Waals surface area contributed by atoms with Crippen LogP contribution < -0.4 is 5.32 Å². The number of carbonyl (C=O) groups excluding carboxylic acids is 1. The molecule has 104 valence electrons. The van der Waals surface area contributed by atoms with E-state index in [0.717, 1.165) is 16.3 Å². The van der Waals surface area contributed by atoms with E-state index in [0.29, 0.717) is 11.7 Å². The second-order valence-electron chi connectivity index (χ2n) is 4.91. The van der Waals surface area contributed by atoms with E-state index in [4.69, 9.17) is 0 Å². The predicted molar refractivity (Wildman–Crippen MR) is 78.1 cm³/mol. The van der Waals surface area contributed by atoms with Gasteiger partial charge in [0.25, 0.3) is 0 Å². The van der Waals surface area contributed by atoms with Crippen LogP contribution in [0.1, 0.15) is 31.2 Å². The number of H-pyrrole nitrogens is 1. The molecule has 3 rings (SSSR count). The molecule has 1 amide bonds. The maximum Gasteiger partial charge on any atom is 0.231 e. The summed E-state index contributed by atoms with van der Waals surface area (Å²) in [6.45, 7) is 4.13. The molecule has 0 unspecified atom stereocenters. The van der Waals surface area contributed by atoms with Crippen LogP contribution in [0.4, 0.5) is 5.82 Å². The highest BCUT2D eigenvalue weighted by molar-refractivity contribution is 7.15. The molecule has 0 saturated heterocycles. The zero-order valence-electron chi connectivity index (χ0n) is 11.3. The number of fused-ring (bicyclic) bond motifs is 1. The number of aromatic amines is 1. The highest BCUT2D eigenvalue weighted by atomic mass is 32.1. The van der Waals surface area contributed by atoms with Crippen molar-refractivity contribution in [3.63, 3.8) is 0 Å². The molecule has 0 saturated carbocycles. The Labute approximate surface area is 119 Å². The third-order valence-corrected chi connectivity index (χ3v) is 3.74. The number of thiazole rings is 1. The van der Waals surface area contributed by atoms with Gasteiger partial charge in [-0.3, -0.25) is 14.3 Å². The Morgan fingerprint density at radius 2 is 2.40 bits per heavy atom. The molecule has 0 atom stereocenters. The Kier molecular flexibility index (Phi) is 3.27. The predicted octanol–water partition coefficient (Wildman–Crippen LogP) is 2.42. The fraction of sp³-hybridized carbons (Fsp3) is 0.308. The van der Waals surface area contributed by atoms with E-state index in [-0.39, 0.29) is 12.3 Å². The van der Waals surface area contributed by atoms with E-state index < -0.39 is 0 Å². The molecule has 0 spiro atoms. The minimum atomic E-state index is -0.113. The van der Waals surface area contributed by atoms with Gasteiger partial charge in [-0.05, 0) is 5.92 Å². The van der Waals surface area contributed by atoms with Crippen molar-refractivity contribution in [1.29, 1.82) is 0 Å². The number of nitrogens with one attached hydrogen (secondary N) is 2. The Bertz CT molecular complexity index is 710. The van der Waals surface area contributed by atoms with Gasteiger partial charge in [0, 0.05) is 29.5 Å². The van der Waals surface area contributed by atoms with Gasteiger partial charge in [-0.1, -0.05) is 13.8 Å². The molecule has 20 heavy (non-hydrogen) atoms. The SMILES string of the molecule is CC(C)c1cc(NC(=O)Cc2cn3ccsc3n2)n[nH]1. The van der Waals surface area contributed by atoms with Crippen molar-refractivity contribution in [2.24, 2.45) is 0 Å². The van der Waals surface area contributed by atoms with E-state index in [2.05, 4.69) is 34.3 Å². The van der Waals surface area contributed by atoms with Crippen molar-refractivity contribution in [3.8, 4) is 0 Å². The summed E-state index contributed by atoms with van der Waals surface area (Å²) in [7, 11) is 0. The molecule has 6 nitrogen and oxygen atoms in total. The van der Waals surface area contributed by atoms with Gasteiger partial charge < -0.3 is 5.32 Å². The van der Waals surface area contributed by atoms with Crippen molar-refractivity contribution in [2.45, 2.75) is 26.2 Å². The molecule has 7 heteroatoms. The largest absolute Gasteiger partial charge is 0.309 e. The maximum atomic E-state index is 11.9. The fourth-order valence-electron chi connectivity index (χ4n) is 1.91. The number of aromatic nitrogens is 4. The Hall–Kier alpha value is -2.15.